The molecule has 0 bridgehead atoms. The Morgan fingerprint density at radius 3 is 1.53 bits per heavy atom. The highest BCUT2D eigenvalue weighted by atomic mass is 32.1. The Bertz CT molecular complexity index is 925. The number of fused-ring (bicyclic) bond motifs is 2. The van der Waals surface area contributed by atoms with Crippen molar-refractivity contribution in [3.63, 3.8) is 0 Å². The summed E-state index contributed by atoms with van der Waals surface area (Å²) >= 11 is 2.91. The lowest BCUT2D eigenvalue weighted by atomic mass is 10.3. The smallest absolute Gasteiger partial charge is 0.227 e. The third kappa shape index (κ3) is 6.44. The molecule has 3 rings (SSSR count). The van der Waals surface area contributed by atoms with Crippen molar-refractivity contribution < 1.29 is 9.59 Å². The Balaban J connectivity index is 1.62. The van der Waals surface area contributed by atoms with Gasteiger partial charge >= 0.3 is 0 Å². The van der Waals surface area contributed by atoms with Gasteiger partial charge < -0.3 is 20.4 Å². The van der Waals surface area contributed by atoms with E-state index < -0.39 is 0 Å². The van der Waals surface area contributed by atoms with Crippen LogP contribution in [0.2, 0.25) is 0 Å². The molecule has 0 aliphatic rings. The summed E-state index contributed by atoms with van der Waals surface area (Å²) in [7, 11) is 0. The molecule has 0 saturated heterocycles. The summed E-state index contributed by atoms with van der Waals surface area (Å²) in [6.07, 6.45) is 0.900. The maximum atomic E-state index is 12.3. The molecule has 0 radical (unpaired) electrons. The van der Waals surface area contributed by atoms with Crippen LogP contribution in [0.5, 0.6) is 0 Å². The van der Waals surface area contributed by atoms with E-state index in [1.54, 1.807) is 0 Å². The third-order valence-corrected chi connectivity index (χ3v) is 7.36. The molecule has 2 N–H and O–H groups in total. The third-order valence-electron chi connectivity index (χ3n) is 5.49. The summed E-state index contributed by atoms with van der Waals surface area (Å²) in [6.45, 7) is 13.6. The molecule has 0 saturated carbocycles. The van der Waals surface area contributed by atoms with Crippen LogP contribution in [-0.4, -0.2) is 70.9 Å². The van der Waals surface area contributed by atoms with Crippen molar-refractivity contribution >= 4 is 65.2 Å². The van der Waals surface area contributed by atoms with Gasteiger partial charge in [0.1, 0.15) is 0 Å². The molecule has 1 aromatic carbocycles. The number of hydrogen-bond donors (Lipinski definition) is 2. The van der Waals surface area contributed by atoms with E-state index in [0.29, 0.717) is 23.1 Å². The Kier molecular flexibility index (Phi) is 8.92. The minimum absolute atomic E-state index is 0.0226. The number of benzene rings is 1. The second-order valence-corrected chi connectivity index (χ2v) is 9.54. The summed E-state index contributed by atoms with van der Waals surface area (Å²) in [5.41, 5.74) is 1.59. The second kappa shape index (κ2) is 11.6. The molecule has 10 heteroatoms. The Hall–Kier alpha value is -2.14. The van der Waals surface area contributed by atoms with E-state index in [2.05, 4.69) is 58.1 Å². The van der Waals surface area contributed by atoms with Gasteiger partial charge in [0.2, 0.25) is 11.8 Å². The predicted molar refractivity (Wildman–Crippen MR) is 135 cm³/mol. The number of nitrogens with zero attached hydrogens (tertiary/aromatic N) is 4. The van der Waals surface area contributed by atoms with Crippen molar-refractivity contribution in [1.82, 2.24) is 19.8 Å². The van der Waals surface area contributed by atoms with E-state index in [9.17, 15) is 9.59 Å². The van der Waals surface area contributed by atoms with Gasteiger partial charge in [-0.1, -0.05) is 50.4 Å². The monoisotopic (exact) mass is 476 g/mol. The van der Waals surface area contributed by atoms with Crippen molar-refractivity contribution in [2.24, 2.45) is 0 Å². The Morgan fingerprint density at radius 2 is 1.16 bits per heavy atom. The zero-order valence-electron chi connectivity index (χ0n) is 19.2. The summed E-state index contributed by atoms with van der Waals surface area (Å²) in [5.74, 6) is -0.0452. The summed E-state index contributed by atoms with van der Waals surface area (Å²) in [5, 5.41) is 7.04. The standard InChI is InChI=1S/C22H32N6O2S2/c1-5-27(6-2)11-9-19(29)25-21-23-15-13-16-18(14-17(15)31-21)32-22(24-16)26-20(30)10-12-28(7-3)8-4/h13-14H,5-12H2,1-4H3,(H,23,25,29)(H,24,26,30). The highest BCUT2D eigenvalue weighted by molar-refractivity contribution is 7.24. The molecule has 0 fully saturated rings. The maximum Gasteiger partial charge on any atom is 0.227 e. The van der Waals surface area contributed by atoms with Gasteiger partial charge in [0, 0.05) is 25.9 Å². The van der Waals surface area contributed by atoms with Crippen LogP contribution in [-0.2, 0) is 9.59 Å². The van der Waals surface area contributed by atoms with Crippen LogP contribution in [0.1, 0.15) is 40.5 Å². The first-order valence-electron chi connectivity index (χ1n) is 11.2. The molecule has 0 aliphatic carbocycles. The fraction of sp³-hybridized carbons (Fsp3) is 0.545. The lowest BCUT2D eigenvalue weighted by Gasteiger charge is -2.16. The lowest BCUT2D eigenvalue weighted by molar-refractivity contribution is -0.117. The molecule has 2 amide bonds. The van der Waals surface area contributed by atoms with Crippen molar-refractivity contribution in [3.05, 3.63) is 12.1 Å². The van der Waals surface area contributed by atoms with Crippen LogP contribution in [0.4, 0.5) is 10.3 Å². The van der Waals surface area contributed by atoms with Crippen LogP contribution >= 0.6 is 22.7 Å². The van der Waals surface area contributed by atoms with Gasteiger partial charge in [0.05, 0.1) is 20.4 Å². The molecule has 0 aliphatic heterocycles. The minimum Gasteiger partial charge on any atom is -0.303 e. The molecule has 0 unspecified atom stereocenters. The minimum atomic E-state index is -0.0226. The molecule has 8 nitrogen and oxygen atoms in total. The van der Waals surface area contributed by atoms with Crippen molar-refractivity contribution in [3.8, 4) is 0 Å². The van der Waals surface area contributed by atoms with Gasteiger partial charge in [0.15, 0.2) is 10.3 Å². The van der Waals surface area contributed by atoms with E-state index in [1.165, 1.54) is 22.7 Å². The topological polar surface area (TPSA) is 90.5 Å². The van der Waals surface area contributed by atoms with E-state index in [0.717, 1.165) is 59.7 Å². The van der Waals surface area contributed by atoms with Gasteiger partial charge in [-0.15, -0.1) is 0 Å². The highest BCUT2D eigenvalue weighted by Gasteiger charge is 2.14. The van der Waals surface area contributed by atoms with E-state index in [4.69, 9.17) is 0 Å². The fourth-order valence-corrected chi connectivity index (χ4v) is 5.30. The number of carbonyl (C=O) groups excluding carboxylic acids is 2. The van der Waals surface area contributed by atoms with Crippen molar-refractivity contribution in [1.29, 1.82) is 0 Å². The molecule has 0 spiro atoms. The fourth-order valence-electron chi connectivity index (χ4n) is 3.42. The van der Waals surface area contributed by atoms with Crippen LogP contribution in [0, 0.1) is 0 Å². The van der Waals surface area contributed by atoms with Gasteiger partial charge in [-0.05, 0) is 38.3 Å². The number of anilines is 2. The molecule has 2 aromatic heterocycles. The van der Waals surface area contributed by atoms with Gasteiger partial charge in [-0.2, -0.15) is 0 Å². The van der Waals surface area contributed by atoms with E-state index in [1.807, 2.05) is 12.1 Å². The van der Waals surface area contributed by atoms with Crippen molar-refractivity contribution in [2.75, 3.05) is 49.9 Å². The quantitative estimate of drug-likeness (QED) is 0.406. The first kappa shape index (κ1) is 24.5. The largest absolute Gasteiger partial charge is 0.303 e. The summed E-state index contributed by atoms with van der Waals surface area (Å²) in [6, 6.07) is 3.94. The van der Waals surface area contributed by atoms with Crippen LogP contribution in [0.3, 0.4) is 0 Å². The number of rotatable bonds is 12. The molecule has 2 heterocycles. The SMILES string of the molecule is CCN(CC)CCC(=O)Nc1nc2cc3nc(NC(=O)CCN(CC)CC)sc3cc2s1. The number of thiazole rings is 2. The molecular formula is C22H32N6O2S2. The molecule has 32 heavy (non-hydrogen) atoms. The number of aromatic nitrogens is 2. The summed E-state index contributed by atoms with van der Waals surface area (Å²) < 4.78 is 1.97. The number of amides is 2. The van der Waals surface area contributed by atoms with Crippen LogP contribution in [0.25, 0.3) is 20.4 Å². The zero-order chi connectivity index (χ0) is 23.1. The van der Waals surface area contributed by atoms with Gasteiger partial charge in [-0.3, -0.25) is 9.59 Å². The first-order chi connectivity index (χ1) is 15.4. The van der Waals surface area contributed by atoms with Crippen molar-refractivity contribution in [2.45, 2.75) is 40.5 Å². The van der Waals surface area contributed by atoms with E-state index >= 15 is 0 Å². The van der Waals surface area contributed by atoms with E-state index in [-0.39, 0.29) is 11.8 Å². The first-order valence-corrected chi connectivity index (χ1v) is 12.8. The lowest BCUT2D eigenvalue weighted by Crippen LogP contribution is -2.27. The average molecular weight is 477 g/mol. The van der Waals surface area contributed by atoms with Crippen LogP contribution in [0.15, 0.2) is 12.1 Å². The molecule has 0 atom stereocenters. The predicted octanol–water partition coefficient (Wildman–Crippen LogP) is 4.25. The highest BCUT2D eigenvalue weighted by Crippen LogP contribution is 2.34. The van der Waals surface area contributed by atoms with Crippen LogP contribution < -0.4 is 10.6 Å². The number of nitrogens with one attached hydrogen (secondary N) is 2. The number of hydrogen-bond acceptors (Lipinski definition) is 8. The average Bonchev–Trinajstić information content (AvgIpc) is 3.34. The molecular weight excluding hydrogens is 444 g/mol. The molecule has 3 aromatic rings. The number of carbonyl (C=O) groups is 2. The normalized spacial score (nSPS) is 11.7. The molecule has 174 valence electrons. The van der Waals surface area contributed by atoms with Gasteiger partial charge in [-0.25, -0.2) is 9.97 Å². The summed E-state index contributed by atoms with van der Waals surface area (Å²) in [4.78, 5) is 38.1. The zero-order valence-corrected chi connectivity index (χ0v) is 20.9. The second-order valence-electron chi connectivity index (χ2n) is 7.48. The Labute approximate surface area is 197 Å². The Morgan fingerprint density at radius 1 is 0.750 bits per heavy atom. The maximum absolute atomic E-state index is 12.3. The van der Waals surface area contributed by atoms with Gasteiger partial charge in [0.25, 0.3) is 0 Å².